The minimum absolute atomic E-state index is 0.00665. The average molecular weight is 1240 g/mol. The molecule has 0 saturated heterocycles. The number of carboxylic acid groups (broad SMARTS) is 3. The van der Waals surface area contributed by atoms with Crippen LogP contribution in [0, 0.1) is 17.8 Å². The number of rotatable bonds is 39. The molecule has 0 aliphatic heterocycles. The molecule has 0 radical (unpaired) electrons. The standard InChI is InChI=1S/C53H83N11O15S4/c1-8-28(6)43(64-47(72)34(14-16-42(67)68)56-45(70)33(13-15-41(65)66)57-48(73)36(19-26(2)3)59-44(69)31(54)23-80)52(77)58-35(17-18-83-7)46(71)61-38(21-29-22-55-32-12-10-9-11-30(29)32)50(75)60-37(20-27(4)5)49(74)62-39(24-81)51(76)63-40(25-82)53(78)79/h9-12,22,26-28,31,33-40,43,55,80-82H,8,13-21,23-25,54H2,1-7H3,(H,56,70)(H,57,73)(H,58,77)(H,59,69)(H,60,75)(H,61,71)(H,62,74)(H,63,76)(H,64,72)(H,65,66)(H,67,68)(H,78,79)/t28-,31-,33-,34-,35-,36-,37-,38-,39-,40-,43-/m0/s1. The summed E-state index contributed by atoms with van der Waals surface area (Å²) in [6.45, 7) is 10.4. The number of hydrogen-bond acceptors (Lipinski definition) is 17. The molecule has 0 aliphatic rings. The van der Waals surface area contributed by atoms with Crippen LogP contribution in [-0.2, 0) is 64.0 Å². The first-order valence-corrected chi connectivity index (χ1v) is 30.4. The SMILES string of the molecule is CC[C@H](C)[C@H](NC(=O)[C@H](CCC(=O)O)NC(=O)[C@H](CCC(=O)O)NC(=O)[C@H](CC(C)C)NC(=O)[C@@H](N)CS)C(=O)N[C@@H](CCSC)C(=O)N[C@@H](Cc1c[nH]c2ccccc12)C(=O)N[C@@H](CC(C)C)C(=O)N[C@@H](CS)C(=O)N[C@@H](CS)C(=O)O. The maximum absolute atomic E-state index is 14.6. The molecule has 0 spiro atoms. The number of aromatic amines is 1. The normalized spacial score (nSPS) is 15.3. The number of aliphatic carboxylic acids is 3. The highest BCUT2D eigenvalue weighted by atomic mass is 32.2. The molecule has 0 bridgehead atoms. The second-order valence-electron chi connectivity index (χ2n) is 20.8. The largest absolute Gasteiger partial charge is 0.481 e. The summed E-state index contributed by atoms with van der Waals surface area (Å²) in [6, 6.07) is -6.70. The highest BCUT2D eigenvalue weighted by molar-refractivity contribution is 7.98. The van der Waals surface area contributed by atoms with Gasteiger partial charge in [-0.3, -0.25) is 52.7 Å². The van der Waals surface area contributed by atoms with Crippen molar-refractivity contribution in [2.24, 2.45) is 23.5 Å². The number of fused-ring (bicyclic) bond motifs is 1. The van der Waals surface area contributed by atoms with Crippen LogP contribution >= 0.6 is 49.6 Å². The van der Waals surface area contributed by atoms with Crippen LogP contribution in [0.25, 0.3) is 10.9 Å². The number of carbonyl (C=O) groups excluding carboxylic acids is 9. The summed E-state index contributed by atoms with van der Waals surface area (Å²) >= 11 is 13.5. The molecule has 2 aromatic rings. The molecule has 0 saturated carbocycles. The maximum atomic E-state index is 14.6. The van der Waals surface area contributed by atoms with Crippen LogP contribution in [0.5, 0.6) is 0 Å². The van der Waals surface area contributed by atoms with E-state index < -0.39 is 163 Å². The fourth-order valence-corrected chi connectivity index (χ4v) is 9.45. The van der Waals surface area contributed by atoms with Crippen molar-refractivity contribution < 1.29 is 72.9 Å². The smallest absolute Gasteiger partial charge is 0.327 e. The Balaban J connectivity index is 2.56. The van der Waals surface area contributed by atoms with Crippen LogP contribution in [0.2, 0.25) is 0 Å². The predicted octanol–water partition coefficient (Wildman–Crippen LogP) is -0.104. The van der Waals surface area contributed by atoms with Gasteiger partial charge in [0.05, 0.1) is 6.04 Å². The van der Waals surface area contributed by atoms with E-state index in [9.17, 15) is 72.9 Å². The quantitative estimate of drug-likeness (QED) is 0.0389. The molecule has 0 aliphatic carbocycles. The number of nitrogens with two attached hydrogens (primary N) is 1. The number of thioether (sulfide) groups is 1. The molecule has 83 heavy (non-hydrogen) atoms. The molecule has 1 aromatic heterocycles. The zero-order valence-corrected chi connectivity index (χ0v) is 51.2. The Hall–Kier alpha value is -6.24. The van der Waals surface area contributed by atoms with Gasteiger partial charge in [0.2, 0.25) is 53.2 Å². The summed E-state index contributed by atoms with van der Waals surface area (Å²) in [7, 11) is 0. The van der Waals surface area contributed by atoms with Gasteiger partial charge in [-0.1, -0.05) is 66.2 Å². The monoisotopic (exact) mass is 1240 g/mol. The molecule has 464 valence electrons. The van der Waals surface area contributed by atoms with E-state index in [0.717, 1.165) is 0 Å². The molecule has 9 amide bonds. The lowest BCUT2D eigenvalue weighted by Crippen LogP contribution is -2.61. The summed E-state index contributed by atoms with van der Waals surface area (Å²) in [5, 5.41) is 52.3. The third kappa shape index (κ3) is 25.3. The van der Waals surface area contributed by atoms with Crippen molar-refractivity contribution in [2.75, 3.05) is 29.3 Å². The third-order valence-corrected chi connectivity index (χ3v) is 14.9. The van der Waals surface area contributed by atoms with E-state index in [1.807, 2.05) is 0 Å². The first-order chi connectivity index (χ1) is 39.1. The molecule has 30 heteroatoms. The molecule has 0 unspecified atom stereocenters. The molecular formula is C53H83N11O15S4. The number of para-hydroxylation sites is 1. The number of H-pyrrole nitrogens is 1. The zero-order valence-electron chi connectivity index (χ0n) is 47.7. The van der Waals surface area contributed by atoms with Crippen molar-refractivity contribution >= 4 is 132 Å². The van der Waals surface area contributed by atoms with Crippen LogP contribution < -0.4 is 53.6 Å². The fraction of sp³-hybridized carbons (Fsp3) is 0.623. The van der Waals surface area contributed by atoms with Gasteiger partial charge in [-0.15, -0.1) is 0 Å². The van der Waals surface area contributed by atoms with E-state index in [2.05, 4.69) is 90.7 Å². The van der Waals surface area contributed by atoms with Crippen molar-refractivity contribution in [1.82, 2.24) is 52.8 Å². The molecular weight excluding hydrogens is 1160 g/mol. The van der Waals surface area contributed by atoms with Gasteiger partial charge >= 0.3 is 17.9 Å². The first-order valence-electron chi connectivity index (χ1n) is 27.1. The number of aromatic nitrogens is 1. The Morgan fingerprint density at radius 1 is 0.530 bits per heavy atom. The van der Waals surface area contributed by atoms with Crippen molar-refractivity contribution in [3.8, 4) is 0 Å². The first kappa shape index (κ1) is 72.9. The Morgan fingerprint density at radius 2 is 0.940 bits per heavy atom. The van der Waals surface area contributed by atoms with Crippen molar-refractivity contribution in [3.63, 3.8) is 0 Å². The minimum Gasteiger partial charge on any atom is -0.481 e. The molecule has 2 rings (SSSR count). The van der Waals surface area contributed by atoms with Crippen LogP contribution in [0.1, 0.15) is 98.5 Å². The second kappa shape index (κ2) is 37.2. The molecule has 1 aromatic carbocycles. The van der Waals surface area contributed by atoms with E-state index in [4.69, 9.17) is 5.73 Å². The van der Waals surface area contributed by atoms with Gasteiger partial charge in [0.15, 0.2) is 0 Å². The average Bonchev–Trinajstić information content (AvgIpc) is 4.03. The number of benzene rings is 1. The maximum Gasteiger partial charge on any atom is 0.327 e. The summed E-state index contributed by atoms with van der Waals surface area (Å²) in [5.41, 5.74) is 7.11. The Kier molecular flexibility index (Phi) is 32.6. The van der Waals surface area contributed by atoms with Crippen LogP contribution in [0.15, 0.2) is 30.5 Å². The molecule has 0 fully saturated rings. The zero-order chi connectivity index (χ0) is 62.7. The lowest BCUT2D eigenvalue weighted by atomic mass is 9.96. The van der Waals surface area contributed by atoms with Gasteiger partial charge in [0.1, 0.15) is 54.4 Å². The van der Waals surface area contributed by atoms with Gasteiger partial charge in [0.25, 0.3) is 0 Å². The van der Waals surface area contributed by atoms with Gasteiger partial charge in [-0.05, 0) is 73.5 Å². The predicted molar refractivity (Wildman–Crippen MR) is 322 cm³/mol. The van der Waals surface area contributed by atoms with Crippen molar-refractivity contribution in [1.29, 1.82) is 0 Å². The van der Waals surface area contributed by atoms with E-state index in [1.165, 1.54) is 11.8 Å². The Labute approximate surface area is 503 Å². The second-order valence-corrected chi connectivity index (χ2v) is 22.9. The summed E-state index contributed by atoms with van der Waals surface area (Å²) in [5.74, 6) is -13.3. The van der Waals surface area contributed by atoms with Crippen LogP contribution in [0.4, 0.5) is 0 Å². The van der Waals surface area contributed by atoms with E-state index in [-0.39, 0.29) is 61.2 Å². The summed E-state index contributed by atoms with van der Waals surface area (Å²) in [6.07, 6.45) is 1.29. The van der Waals surface area contributed by atoms with Gasteiger partial charge in [0, 0.05) is 53.6 Å². The molecule has 11 atom stereocenters. The number of thiol groups is 3. The number of hydrogen-bond donors (Lipinski definition) is 17. The number of carboxylic acids is 3. The van der Waals surface area contributed by atoms with E-state index in [0.29, 0.717) is 22.2 Å². The minimum atomic E-state index is -1.69. The lowest BCUT2D eigenvalue weighted by molar-refractivity contribution is -0.141. The topological polar surface area (TPSA) is 416 Å². The van der Waals surface area contributed by atoms with Gasteiger partial charge < -0.3 is 73.9 Å². The third-order valence-electron chi connectivity index (χ3n) is 13.2. The number of carbonyl (C=O) groups is 12. The van der Waals surface area contributed by atoms with Crippen molar-refractivity contribution in [2.45, 2.75) is 160 Å². The fourth-order valence-electron chi connectivity index (χ4n) is 8.31. The van der Waals surface area contributed by atoms with Crippen LogP contribution in [0.3, 0.4) is 0 Å². The number of amides is 9. The highest BCUT2D eigenvalue weighted by Gasteiger charge is 2.37. The van der Waals surface area contributed by atoms with Crippen molar-refractivity contribution in [3.05, 3.63) is 36.0 Å². The molecule has 15 N–H and O–H groups in total. The van der Waals surface area contributed by atoms with Gasteiger partial charge in [-0.25, -0.2) is 4.79 Å². The van der Waals surface area contributed by atoms with Gasteiger partial charge in [-0.2, -0.15) is 49.6 Å². The number of nitrogens with one attached hydrogen (secondary N) is 10. The Bertz CT molecular complexity index is 2560. The lowest BCUT2D eigenvalue weighted by Gasteiger charge is -2.30. The molecule has 1 heterocycles. The molecule has 26 nitrogen and oxygen atoms in total. The Morgan fingerprint density at radius 3 is 1.41 bits per heavy atom. The summed E-state index contributed by atoms with van der Waals surface area (Å²) < 4.78 is 0. The van der Waals surface area contributed by atoms with E-state index >= 15 is 0 Å². The summed E-state index contributed by atoms with van der Waals surface area (Å²) in [4.78, 5) is 164. The highest BCUT2D eigenvalue weighted by Crippen LogP contribution is 2.20. The van der Waals surface area contributed by atoms with Crippen LogP contribution in [-0.4, -0.2) is 181 Å². The van der Waals surface area contributed by atoms with E-state index in [1.54, 1.807) is 78.3 Å².